The zero-order valence-corrected chi connectivity index (χ0v) is 16.5. The number of carbonyl (C=O) groups excluding carboxylic acids is 2. The van der Waals surface area contributed by atoms with Gasteiger partial charge in [0.15, 0.2) is 6.61 Å². The average molecular weight is 406 g/mol. The lowest BCUT2D eigenvalue weighted by atomic mass is 10.0. The molecule has 0 atom stereocenters. The molecule has 0 radical (unpaired) electrons. The van der Waals surface area contributed by atoms with Crippen LogP contribution in [0, 0.1) is 11.3 Å². The third kappa shape index (κ3) is 4.86. The smallest absolute Gasteiger partial charge is 0.339 e. The molecule has 146 valence electrons. The van der Waals surface area contributed by atoms with Crippen molar-refractivity contribution < 1.29 is 19.1 Å². The number of fused-ring (bicyclic) bond motifs is 1. The lowest BCUT2D eigenvalue weighted by Gasteiger charge is -2.12. The van der Waals surface area contributed by atoms with Crippen molar-refractivity contribution in [2.45, 2.75) is 4.90 Å². The van der Waals surface area contributed by atoms with Gasteiger partial charge in [0, 0.05) is 10.3 Å². The first-order valence-electron chi connectivity index (χ1n) is 8.75. The third-order valence-corrected chi connectivity index (χ3v) is 5.05. The number of nitriles is 1. The Hall–Kier alpha value is -3.50. The molecule has 0 aliphatic carbocycles. The van der Waals surface area contributed by atoms with E-state index in [4.69, 9.17) is 14.7 Å². The van der Waals surface area contributed by atoms with Crippen molar-refractivity contribution in [2.24, 2.45) is 0 Å². The Balaban J connectivity index is 1.68. The van der Waals surface area contributed by atoms with Crippen molar-refractivity contribution in [1.82, 2.24) is 0 Å². The number of anilines is 1. The summed E-state index contributed by atoms with van der Waals surface area (Å²) in [4.78, 5) is 25.6. The zero-order valence-electron chi connectivity index (χ0n) is 15.7. The standard InChI is InChI=1S/C22H18N2O4S/c1-27-19-11-10-17(15-6-2-3-7-16(15)19)22(26)28-14-21(25)24-18-8-4-5-9-20(18)29-13-12-23/h2-11H,13-14H2,1H3,(H,24,25). The molecule has 3 rings (SSSR count). The summed E-state index contributed by atoms with van der Waals surface area (Å²) in [5.41, 5.74) is 0.933. The number of thioether (sulfide) groups is 1. The third-order valence-electron chi connectivity index (χ3n) is 4.11. The summed E-state index contributed by atoms with van der Waals surface area (Å²) >= 11 is 1.32. The van der Waals surface area contributed by atoms with E-state index in [2.05, 4.69) is 5.32 Å². The summed E-state index contributed by atoms with van der Waals surface area (Å²) in [5, 5.41) is 12.9. The van der Waals surface area contributed by atoms with Gasteiger partial charge in [0.05, 0.1) is 30.2 Å². The van der Waals surface area contributed by atoms with Crippen molar-refractivity contribution >= 4 is 40.1 Å². The van der Waals surface area contributed by atoms with Crippen LogP contribution in [0.25, 0.3) is 10.8 Å². The Labute approximate surface area is 172 Å². The Morgan fingerprint density at radius 1 is 1.03 bits per heavy atom. The van der Waals surface area contributed by atoms with Gasteiger partial charge in [-0.25, -0.2) is 4.79 Å². The van der Waals surface area contributed by atoms with E-state index in [1.807, 2.05) is 36.4 Å². The monoisotopic (exact) mass is 406 g/mol. The number of nitrogens with zero attached hydrogens (tertiary/aromatic N) is 1. The Morgan fingerprint density at radius 3 is 2.52 bits per heavy atom. The zero-order chi connectivity index (χ0) is 20.6. The number of amides is 1. The summed E-state index contributed by atoms with van der Waals surface area (Å²) in [6.07, 6.45) is 0. The van der Waals surface area contributed by atoms with Crippen molar-refractivity contribution in [1.29, 1.82) is 5.26 Å². The van der Waals surface area contributed by atoms with Gasteiger partial charge in [-0.15, -0.1) is 11.8 Å². The van der Waals surface area contributed by atoms with Crippen LogP contribution in [0.4, 0.5) is 5.69 Å². The van der Waals surface area contributed by atoms with E-state index in [0.717, 1.165) is 10.3 Å². The number of benzene rings is 3. The molecule has 0 spiro atoms. The maximum absolute atomic E-state index is 12.5. The molecule has 0 saturated carbocycles. The molecule has 3 aromatic rings. The average Bonchev–Trinajstić information content (AvgIpc) is 2.76. The van der Waals surface area contributed by atoms with Gasteiger partial charge in [0.1, 0.15) is 5.75 Å². The number of methoxy groups -OCH3 is 1. The first-order valence-corrected chi connectivity index (χ1v) is 9.74. The number of esters is 1. The molecule has 3 aromatic carbocycles. The number of nitrogens with one attached hydrogen (secondary N) is 1. The number of rotatable bonds is 7. The molecule has 1 amide bonds. The molecule has 0 aliphatic rings. The topological polar surface area (TPSA) is 88.4 Å². The fraction of sp³-hybridized carbons (Fsp3) is 0.136. The highest BCUT2D eigenvalue weighted by molar-refractivity contribution is 7.99. The van der Waals surface area contributed by atoms with Crippen LogP contribution in [0.5, 0.6) is 5.75 Å². The van der Waals surface area contributed by atoms with Crippen LogP contribution in [-0.4, -0.2) is 31.3 Å². The van der Waals surface area contributed by atoms with Gasteiger partial charge >= 0.3 is 5.97 Å². The largest absolute Gasteiger partial charge is 0.496 e. The van der Waals surface area contributed by atoms with E-state index in [1.165, 1.54) is 11.8 Å². The van der Waals surface area contributed by atoms with Gasteiger partial charge in [-0.05, 0) is 29.7 Å². The first-order chi connectivity index (χ1) is 14.1. The van der Waals surface area contributed by atoms with E-state index in [0.29, 0.717) is 22.4 Å². The molecule has 6 nitrogen and oxygen atoms in total. The molecular weight excluding hydrogens is 388 g/mol. The van der Waals surface area contributed by atoms with Gasteiger partial charge < -0.3 is 14.8 Å². The Kier molecular flexibility index (Phi) is 6.72. The van der Waals surface area contributed by atoms with Crippen LogP contribution in [-0.2, 0) is 9.53 Å². The Morgan fingerprint density at radius 2 is 1.76 bits per heavy atom. The predicted molar refractivity (Wildman–Crippen MR) is 112 cm³/mol. The van der Waals surface area contributed by atoms with Gasteiger partial charge in [-0.3, -0.25) is 4.79 Å². The lowest BCUT2D eigenvalue weighted by Crippen LogP contribution is -2.21. The van der Waals surface area contributed by atoms with E-state index in [9.17, 15) is 9.59 Å². The van der Waals surface area contributed by atoms with E-state index < -0.39 is 18.5 Å². The molecule has 0 bridgehead atoms. The lowest BCUT2D eigenvalue weighted by molar-refractivity contribution is -0.119. The number of hydrogen-bond donors (Lipinski definition) is 1. The van der Waals surface area contributed by atoms with Crippen LogP contribution < -0.4 is 10.1 Å². The van der Waals surface area contributed by atoms with E-state index >= 15 is 0 Å². The summed E-state index contributed by atoms with van der Waals surface area (Å²) in [5.74, 6) is -0.124. The highest BCUT2D eigenvalue weighted by Gasteiger charge is 2.16. The van der Waals surface area contributed by atoms with Crippen LogP contribution in [0.3, 0.4) is 0 Å². The minimum absolute atomic E-state index is 0.270. The van der Waals surface area contributed by atoms with Crippen LogP contribution in [0.1, 0.15) is 10.4 Å². The minimum atomic E-state index is -0.592. The van der Waals surface area contributed by atoms with Crippen molar-refractivity contribution in [3.63, 3.8) is 0 Å². The van der Waals surface area contributed by atoms with Crippen LogP contribution in [0.15, 0.2) is 65.6 Å². The number of para-hydroxylation sites is 1. The summed E-state index contributed by atoms with van der Waals surface area (Å²) in [6, 6.07) is 19.8. The quantitative estimate of drug-likeness (QED) is 0.466. The number of ether oxygens (including phenoxy) is 2. The molecule has 0 fully saturated rings. The first kappa shape index (κ1) is 20.2. The fourth-order valence-corrected chi connectivity index (χ4v) is 3.50. The summed E-state index contributed by atoms with van der Waals surface area (Å²) in [6.45, 7) is -0.420. The molecule has 0 unspecified atom stereocenters. The fourth-order valence-electron chi connectivity index (χ4n) is 2.83. The maximum atomic E-state index is 12.5. The second kappa shape index (κ2) is 9.62. The van der Waals surface area contributed by atoms with Crippen molar-refractivity contribution in [3.8, 4) is 11.8 Å². The molecule has 0 aliphatic heterocycles. The van der Waals surface area contributed by atoms with Crippen molar-refractivity contribution in [3.05, 3.63) is 66.2 Å². The summed E-state index contributed by atoms with van der Waals surface area (Å²) < 4.78 is 10.5. The van der Waals surface area contributed by atoms with Gasteiger partial charge in [0.2, 0.25) is 0 Å². The van der Waals surface area contributed by atoms with Gasteiger partial charge in [0.25, 0.3) is 5.91 Å². The second-order valence-electron chi connectivity index (χ2n) is 5.93. The molecular formula is C22H18N2O4S. The van der Waals surface area contributed by atoms with Crippen LogP contribution >= 0.6 is 11.8 Å². The SMILES string of the molecule is COc1ccc(C(=O)OCC(=O)Nc2ccccc2SCC#N)c2ccccc12. The van der Waals surface area contributed by atoms with Gasteiger partial charge in [-0.2, -0.15) is 5.26 Å². The molecule has 1 N–H and O–H groups in total. The number of hydrogen-bond acceptors (Lipinski definition) is 6. The number of carbonyl (C=O) groups is 2. The molecule has 0 saturated heterocycles. The van der Waals surface area contributed by atoms with Crippen LogP contribution in [0.2, 0.25) is 0 Å². The highest BCUT2D eigenvalue weighted by Crippen LogP contribution is 2.29. The second-order valence-corrected chi connectivity index (χ2v) is 6.95. The predicted octanol–water partition coefficient (Wildman–Crippen LogP) is 4.26. The van der Waals surface area contributed by atoms with E-state index in [-0.39, 0.29) is 5.75 Å². The Bertz CT molecular complexity index is 1090. The van der Waals surface area contributed by atoms with E-state index in [1.54, 1.807) is 37.4 Å². The molecule has 0 aromatic heterocycles. The molecule has 0 heterocycles. The van der Waals surface area contributed by atoms with Gasteiger partial charge in [-0.1, -0.05) is 36.4 Å². The summed E-state index contributed by atoms with van der Waals surface area (Å²) in [7, 11) is 1.57. The van der Waals surface area contributed by atoms with Crippen molar-refractivity contribution in [2.75, 3.05) is 24.8 Å². The minimum Gasteiger partial charge on any atom is -0.496 e. The molecule has 29 heavy (non-hydrogen) atoms. The highest BCUT2D eigenvalue weighted by atomic mass is 32.2. The maximum Gasteiger partial charge on any atom is 0.339 e. The molecule has 7 heteroatoms. The normalized spacial score (nSPS) is 10.2.